The summed E-state index contributed by atoms with van der Waals surface area (Å²) < 4.78 is 39.7. The quantitative estimate of drug-likeness (QED) is 0.201. The molecule has 1 saturated carbocycles. The zero-order valence-electron chi connectivity index (χ0n) is 29.0. The Kier molecular flexibility index (Phi) is 12.5. The fourth-order valence-corrected chi connectivity index (χ4v) is 8.56. The first kappa shape index (κ1) is 37.4. The molecular weight excluding hydrogens is 694 g/mol. The molecule has 2 aromatic carbocycles. The number of hydrogen-bond acceptors (Lipinski definition) is 9. The zero-order chi connectivity index (χ0) is 36.0. The number of carbonyl (C=O) groups is 3. The van der Waals surface area contributed by atoms with Crippen molar-refractivity contribution in [1.29, 1.82) is 0 Å². The van der Waals surface area contributed by atoms with Gasteiger partial charge < -0.3 is 24.7 Å². The lowest BCUT2D eigenvalue weighted by molar-refractivity contribution is -0.140. The number of carbonyl (C=O) groups excluding carboxylic acids is 3. The van der Waals surface area contributed by atoms with Crippen molar-refractivity contribution in [3.8, 4) is 0 Å². The second kappa shape index (κ2) is 17.0. The second-order valence-electron chi connectivity index (χ2n) is 14.3. The highest BCUT2D eigenvalue weighted by Crippen LogP contribution is 2.31. The Hall–Kier alpha value is -3.36. The number of oxazole rings is 1. The number of piperidine rings is 1. The first-order valence-corrected chi connectivity index (χ1v) is 20.4. The van der Waals surface area contributed by atoms with Crippen LogP contribution in [0.4, 0.5) is 0 Å². The standard InChI is InChI=1S/C37H48ClN5O7S/c1-51(47,48)42-30(16-13-24-17-19-39-20-18-24)37(46)43-22-28(49-23-25-11-14-27(38)15-12-25)21-31(43)35(45)41-33(26-7-3-2-4-8-26)34(44)36-40-29-9-5-6-10-32(29)50-36/h5-6,9-12,14-15,24,26,28,30-31,33,39,42H,2-4,7-8,13,16-23H2,1H3,(H,41,45)/t28-,30-,31+,33+/m1/s1. The molecule has 0 radical (unpaired) electrons. The molecule has 2 amide bonds. The van der Waals surface area contributed by atoms with E-state index in [9.17, 15) is 22.8 Å². The van der Waals surface area contributed by atoms with Crippen molar-refractivity contribution < 1.29 is 32.0 Å². The van der Waals surface area contributed by atoms with E-state index < -0.39 is 51.9 Å². The number of nitrogens with one attached hydrogen (secondary N) is 3. The van der Waals surface area contributed by atoms with Crippen LogP contribution in [0.1, 0.15) is 80.5 Å². The third-order valence-corrected chi connectivity index (χ3v) is 11.4. The van der Waals surface area contributed by atoms with Gasteiger partial charge in [-0.3, -0.25) is 14.4 Å². The normalized spacial score (nSPS) is 21.8. The molecule has 3 heterocycles. The zero-order valence-corrected chi connectivity index (χ0v) is 30.6. The van der Waals surface area contributed by atoms with E-state index in [-0.39, 0.29) is 31.4 Å². The maximum Gasteiger partial charge on any atom is 0.266 e. The Morgan fingerprint density at radius 1 is 1.04 bits per heavy atom. The van der Waals surface area contributed by atoms with Crippen LogP contribution in [0.5, 0.6) is 0 Å². The molecule has 2 aliphatic heterocycles. The highest BCUT2D eigenvalue weighted by atomic mass is 35.5. The average molecular weight is 742 g/mol. The van der Waals surface area contributed by atoms with Crippen molar-refractivity contribution >= 4 is 50.3 Å². The SMILES string of the molecule is CS(=O)(=O)N[C@H](CCC1CCNCC1)C(=O)N1C[C@H](OCc2ccc(Cl)cc2)C[C@H]1C(=O)N[C@H](C(=O)c1nc2ccccc2o1)C1CCCCC1. The molecule has 0 unspecified atom stereocenters. The number of para-hydroxylation sites is 2. The fraction of sp³-hybridized carbons (Fsp3) is 0.568. The minimum atomic E-state index is -3.75. The van der Waals surface area contributed by atoms with E-state index in [1.807, 2.05) is 18.2 Å². The summed E-state index contributed by atoms with van der Waals surface area (Å²) in [5.41, 5.74) is 1.92. The van der Waals surface area contributed by atoms with Crippen LogP contribution in [0.25, 0.3) is 11.1 Å². The Labute approximate surface area is 304 Å². The second-order valence-corrected chi connectivity index (χ2v) is 16.5. The summed E-state index contributed by atoms with van der Waals surface area (Å²) in [6.07, 6.45) is 8.02. The molecule has 3 N–H and O–H groups in total. The Balaban J connectivity index is 1.24. The van der Waals surface area contributed by atoms with Crippen LogP contribution in [0.2, 0.25) is 5.02 Å². The van der Waals surface area contributed by atoms with Gasteiger partial charge in [-0.15, -0.1) is 0 Å². The Morgan fingerprint density at radius 2 is 1.76 bits per heavy atom. The van der Waals surface area contributed by atoms with Crippen LogP contribution in [-0.4, -0.2) is 86.0 Å². The van der Waals surface area contributed by atoms with Crippen LogP contribution in [0, 0.1) is 11.8 Å². The number of ketones is 1. The summed E-state index contributed by atoms with van der Waals surface area (Å²) in [6.45, 7) is 2.09. The number of ether oxygens (including phenoxy) is 1. The molecule has 3 aromatic rings. The number of halogens is 1. The van der Waals surface area contributed by atoms with Gasteiger partial charge in [-0.1, -0.05) is 55.1 Å². The van der Waals surface area contributed by atoms with Gasteiger partial charge in [-0.25, -0.2) is 18.1 Å². The number of Topliss-reactive ketones (excluding diaryl/α,β-unsaturated/α-hetero) is 1. The molecular formula is C37H48ClN5O7S. The summed E-state index contributed by atoms with van der Waals surface area (Å²) in [4.78, 5) is 48.7. The van der Waals surface area contributed by atoms with Gasteiger partial charge in [0.2, 0.25) is 27.6 Å². The van der Waals surface area contributed by atoms with E-state index in [0.29, 0.717) is 34.9 Å². The molecule has 0 spiro atoms. The molecule has 3 fully saturated rings. The molecule has 1 aliphatic carbocycles. The number of rotatable bonds is 14. The smallest absolute Gasteiger partial charge is 0.266 e. The van der Waals surface area contributed by atoms with E-state index in [2.05, 4.69) is 20.3 Å². The van der Waals surface area contributed by atoms with Gasteiger partial charge >= 0.3 is 0 Å². The Bertz CT molecular complexity index is 1740. The largest absolute Gasteiger partial charge is 0.434 e. The van der Waals surface area contributed by atoms with E-state index >= 15 is 0 Å². The minimum Gasteiger partial charge on any atom is -0.434 e. The van der Waals surface area contributed by atoms with E-state index in [1.165, 1.54) is 4.90 Å². The number of amides is 2. The lowest BCUT2D eigenvalue weighted by Gasteiger charge is -2.32. The topological polar surface area (TPSA) is 160 Å². The lowest BCUT2D eigenvalue weighted by Crippen LogP contribution is -2.56. The van der Waals surface area contributed by atoms with Crippen molar-refractivity contribution in [3.63, 3.8) is 0 Å². The van der Waals surface area contributed by atoms with Crippen molar-refractivity contribution in [2.45, 2.75) is 95.0 Å². The molecule has 1 aromatic heterocycles. The van der Waals surface area contributed by atoms with Crippen molar-refractivity contribution in [2.75, 3.05) is 25.9 Å². The maximum absolute atomic E-state index is 14.4. The van der Waals surface area contributed by atoms with Crippen LogP contribution in [-0.2, 0) is 31.0 Å². The highest BCUT2D eigenvalue weighted by Gasteiger charge is 2.45. The molecule has 6 rings (SSSR count). The first-order chi connectivity index (χ1) is 24.5. The minimum absolute atomic E-state index is 0.0640. The van der Waals surface area contributed by atoms with Gasteiger partial charge in [0.25, 0.3) is 5.89 Å². The van der Waals surface area contributed by atoms with E-state index in [4.69, 9.17) is 20.8 Å². The molecule has 51 heavy (non-hydrogen) atoms. The van der Waals surface area contributed by atoms with Crippen LogP contribution < -0.4 is 15.4 Å². The number of fused-ring (bicyclic) bond motifs is 1. The van der Waals surface area contributed by atoms with Crippen molar-refractivity contribution in [3.05, 3.63) is 65.0 Å². The number of benzene rings is 2. The van der Waals surface area contributed by atoms with Gasteiger partial charge in [0.15, 0.2) is 5.58 Å². The van der Waals surface area contributed by atoms with Gasteiger partial charge in [0.05, 0.1) is 19.0 Å². The lowest BCUT2D eigenvalue weighted by atomic mass is 9.82. The number of aromatic nitrogens is 1. The predicted octanol–water partition coefficient (Wildman–Crippen LogP) is 4.61. The summed E-state index contributed by atoms with van der Waals surface area (Å²) in [7, 11) is -3.75. The summed E-state index contributed by atoms with van der Waals surface area (Å²) >= 11 is 6.06. The highest BCUT2D eigenvalue weighted by molar-refractivity contribution is 7.88. The molecule has 12 nitrogen and oxygen atoms in total. The average Bonchev–Trinajstić information content (AvgIpc) is 3.77. The first-order valence-electron chi connectivity index (χ1n) is 18.1. The molecule has 14 heteroatoms. The van der Waals surface area contributed by atoms with E-state index in [1.54, 1.807) is 30.3 Å². The third kappa shape index (κ3) is 9.95. The van der Waals surface area contributed by atoms with Crippen LogP contribution in [0.15, 0.2) is 52.9 Å². The number of hydrogen-bond donors (Lipinski definition) is 3. The van der Waals surface area contributed by atoms with E-state index in [0.717, 1.165) is 69.9 Å². The summed E-state index contributed by atoms with van der Waals surface area (Å²) in [5, 5.41) is 6.96. The summed E-state index contributed by atoms with van der Waals surface area (Å²) in [5.74, 6) is -1.20. The van der Waals surface area contributed by atoms with Gasteiger partial charge in [-0.2, -0.15) is 0 Å². The molecule has 2 saturated heterocycles. The molecule has 276 valence electrons. The monoisotopic (exact) mass is 741 g/mol. The predicted molar refractivity (Wildman–Crippen MR) is 194 cm³/mol. The number of nitrogens with zero attached hydrogens (tertiary/aromatic N) is 2. The molecule has 3 aliphatic rings. The number of sulfonamides is 1. The van der Waals surface area contributed by atoms with Crippen LogP contribution >= 0.6 is 11.6 Å². The molecule has 4 atom stereocenters. The van der Waals surface area contributed by atoms with Crippen molar-refractivity contribution in [2.24, 2.45) is 11.8 Å². The van der Waals surface area contributed by atoms with Crippen molar-refractivity contribution in [1.82, 2.24) is 25.2 Å². The maximum atomic E-state index is 14.4. The molecule has 0 bridgehead atoms. The van der Waals surface area contributed by atoms with Gasteiger partial charge in [0.1, 0.15) is 23.6 Å². The van der Waals surface area contributed by atoms with Gasteiger partial charge in [-0.05, 0) is 93.3 Å². The fourth-order valence-electron chi connectivity index (χ4n) is 7.69. The Morgan fingerprint density at radius 3 is 2.47 bits per heavy atom. The van der Waals surface area contributed by atoms with Crippen LogP contribution in [0.3, 0.4) is 0 Å². The van der Waals surface area contributed by atoms with Gasteiger partial charge in [0, 0.05) is 18.0 Å². The summed E-state index contributed by atoms with van der Waals surface area (Å²) in [6, 6.07) is 11.4. The number of likely N-dealkylation sites (tertiary alicyclic amines) is 1. The third-order valence-electron chi connectivity index (χ3n) is 10.4.